The number of furan rings is 1. The van der Waals surface area contributed by atoms with Crippen molar-refractivity contribution in [3.8, 4) is 0 Å². The molecule has 0 unspecified atom stereocenters. The van der Waals surface area contributed by atoms with Gasteiger partial charge in [-0.3, -0.25) is 14.7 Å². The molecule has 3 rings (SSSR count). The van der Waals surface area contributed by atoms with Crippen molar-refractivity contribution in [2.75, 3.05) is 26.2 Å². The second-order valence-electron chi connectivity index (χ2n) is 4.94. The van der Waals surface area contributed by atoms with Crippen molar-refractivity contribution in [3.63, 3.8) is 0 Å². The molecule has 21 heavy (non-hydrogen) atoms. The largest absolute Gasteiger partial charge is 0.472 e. The number of hydrogen-bond acceptors (Lipinski definition) is 4. The van der Waals surface area contributed by atoms with Gasteiger partial charge in [0, 0.05) is 32.4 Å². The van der Waals surface area contributed by atoms with E-state index in [1.807, 2.05) is 0 Å². The van der Waals surface area contributed by atoms with Gasteiger partial charge in [-0.1, -0.05) is 0 Å². The maximum Gasteiger partial charge on any atom is 0.257 e. The van der Waals surface area contributed by atoms with E-state index >= 15 is 0 Å². The number of H-pyrrole nitrogens is 1. The van der Waals surface area contributed by atoms with E-state index < -0.39 is 0 Å². The van der Waals surface area contributed by atoms with Crippen LogP contribution in [0.3, 0.4) is 0 Å². The van der Waals surface area contributed by atoms with Crippen LogP contribution in [0.5, 0.6) is 0 Å². The van der Waals surface area contributed by atoms with E-state index in [0.717, 1.165) is 6.42 Å². The molecule has 0 saturated carbocycles. The van der Waals surface area contributed by atoms with Crippen molar-refractivity contribution in [2.24, 2.45) is 0 Å². The number of nitrogens with zero attached hydrogens (tertiary/aromatic N) is 3. The topological polar surface area (TPSA) is 82.4 Å². The molecular formula is C14H16N4O3. The first kappa shape index (κ1) is 13.4. The van der Waals surface area contributed by atoms with Crippen LogP contribution in [0.25, 0.3) is 0 Å². The van der Waals surface area contributed by atoms with Crippen molar-refractivity contribution in [1.82, 2.24) is 20.0 Å². The van der Waals surface area contributed by atoms with E-state index in [2.05, 4.69) is 10.2 Å². The van der Waals surface area contributed by atoms with Crippen LogP contribution in [-0.4, -0.2) is 58.0 Å². The predicted molar refractivity (Wildman–Crippen MR) is 73.7 cm³/mol. The van der Waals surface area contributed by atoms with Gasteiger partial charge < -0.3 is 14.2 Å². The highest BCUT2D eigenvalue weighted by Crippen LogP contribution is 2.11. The lowest BCUT2D eigenvalue weighted by Crippen LogP contribution is -2.37. The molecule has 1 aliphatic heterocycles. The van der Waals surface area contributed by atoms with E-state index in [1.54, 1.807) is 22.1 Å². The Morgan fingerprint density at radius 3 is 2.38 bits per heavy atom. The molecule has 110 valence electrons. The molecule has 0 aromatic carbocycles. The molecule has 1 saturated heterocycles. The Kier molecular flexibility index (Phi) is 3.72. The van der Waals surface area contributed by atoms with Gasteiger partial charge in [0.2, 0.25) is 0 Å². The number of carbonyl (C=O) groups is 2. The molecule has 1 fully saturated rings. The van der Waals surface area contributed by atoms with Crippen LogP contribution in [0.15, 0.2) is 35.4 Å². The summed E-state index contributed by atoms with van der Waals surface area (Å²) in [6.07, 6.45) is 6.79. The third-order valence-electron chi connectivity index (χ3n) is 3.58. The summed E-state index contributed by atoms with van der Waals surface area (Å²) in [5, 5.41) is 6.43. The van der Waals surface area contributed by atoms with Crippen LogP contribution in [0.1, 0.15) is 27.1 Å². The summed E-state index contributed by atoms with van der Waals surface area (Å²) in [7, 11) is 0. The molecule has 0 bridgehead atoms. The Bertz CT molecular complexity index is 552. The van der Waals surface area contributed by atoms with Crippen LogP contribution in [0.2, 0.25) is 0 Å². The monoisotopic (exact) mass is 288 g/mol. The van der Waals surface area contributed by atoms with Gasteiger partial charge in [-0.25, -0.2) is 0 Å². The fraction of sp³-hybridized carbons (Fsp3) is 0.357. The third kappa shape index (κ3) is 2.81. The molecule has 0 atom stereocenters. The molecule has 2 aromatic rings. The Labute approximate surface area is 121 Å². The number of hydrogen-bond donors (Lipinski definition) is 1. The van der Waals surface area contributed by atoms with Gasteiger partial charge in [-0.2, -0.15) is 5.10 Å². The molecule has 1 N–H and O–H groups in total. The van der Waals surface area contributed by atoms with Crippen LogP contribution in [-0.2, 0) is 0 Å². The highest BCUT2D eigenvalue weighted by molar-refractivity contribution is 5.95. The first-order valence-corrected chi connectivity index (χ1v) is 6.85. The Morgan fingerprint density at radius 1 is 1.10 bits per heavy atom. The van der Waals surface area contributed by atoms with Crippen molar-refractivity contribution in [1.29, 1.82) is 0 Å². The fourth-order valence-electron chi connectivity index (χ4n) is 2.44. The Balaban J connectivity index is 1.64. The number of nitrogens with one attached hydrogen (secondary N) is 1. The average Bonchev–Trinajstić information content (AvgIpc) is 3.15. The summed E-state index contributed by atoms with van der Waals surface area (Å²) < 4.78 is 4.94. The van der Waals surface area contributed by atoms with Crippen LogP contribution in [0, 0.1) is 0 Å². The summed E-state index contributed by atoms with van der Waals surface area (Å²) in [4.78, 5) is 28.0. The summed E-state index contributed by atoms with van der Waals surface area (Å²) in [5.74, 6) is -0.109. The first-order valence-electron chi connectivity index (χ1n) is 6.85. The fourth-order valence-corrected chi connectivity index (χ4v) is 2.44. The van der Waals surface area contributed by atoms with Crippen LogP contribution in [0.4, 0.5) is 0 Å². The highest BCUT2D eigenvalue weighted by atomic mass is 16.3. The van der Waals surface area contributed by atoms with Crippen molar-refractivity contribution in [2.45, 2.75) is 6.42 Å². The van der Waals surface area contributed by atoms with Gasteiger partial charge in [-0.15, -0.1) is 0 Å². The molecule has 1 aliphatic rings. The van der Waals surface area contributed by atoms with Gasteiger partial charge >= 0.3 is 0 Å². The van der Waals surface area contributed by atoms with Crippen LogP contribution < -0.4 is 0 Å². The molecular weight excluding hydrogens is 272 g/mol. The lowest BCUT2D eigenvalue weighted by atomic mass is 10.3. The average molecular weight is 288 g/mol. The number of amides is 2. The lowest BCUT2D eigenvalue weighted by Gasteiger charge is -2.21. The molecule has 2 aromatic heterocycles. The van der Waals surface area contributed by atoms with Gasteiger partial charge in [-0.05, 0) is 12.5 Å². The van der Waals surface area contributed by atoms with Crippen molar-refractivity contribution in [3.05, 3.63) is 42.1 Å². The standard InChI is InChI=1S/C14H16N4O3/c19-13(11-2-7-21-10-11)17-3-1-4-18(6-5-17)14(20)12-8-15-16-9-12/h2,7-10H,1,3-6H2,(H,15,16). The minimum atomic E-state index is -0.0543. The zero-order valence-electron chi connectivity index (χ0n) is 11.5. The normalized spacial score (nSPS) is 15.8. The molecule has 3 heterocycles. The maximum absolute atomic E-state index is 12.3. The molecule has 2 amide bonds. The van der Waals surface area contributed by atoms with E-state index in [-0.39, 0.29) is 11.8 Å². The zero-order valence-corrected chi connectivity index (χ0v) is 11.5. The Morgan fingerprint density at radius 2 is 1.81 bits per heavy atom. The van der Waals surface area contributed by atoms with Gasteiger partial charge in [0.15, 0.2) is 0 Å². The lowest BCUT2D eigenvalue weighted by molar-refractivity contribution is 0.0718. The maximum atomic E-state index is 12.3. The van der Waals surface area contributed by atoms with Gasteiger partial charge in [0.05, 0.1) is 23.6 Å². The van der Waals surface area contributed by atoms with E-state index in [9.17, 15) is 9.59 Å². The quantitative estimate of drug-likeness (QED) is 0.893. The van der Waals surface area contributed by atoms with E-state index in [1.165, 1.54) is 18.7 Å². The smallest absolute Gasteiger partial charge is 0.257 e. The van der Waals surface area contributed by atoms with Gasteiger partial charge in [0.1, 0.15) is 6.26 Å². The van der Waals surface area contributed by atoms with Crippen LogP contribution >= 0.6 is 0 Å². The molecule has 0 radical (unpaired) electrons. The third-order valence-corrected chi connectivity index (χ3v) is 3.58. The first-order chi connectivity index (χ1) is 10.3. The van der Waals surface area contributed by atoms with E-state index in [0.29, 0.717) is 37.3 Å². The Hall–Kier alpha value is -2.57. The summed E-state index contributed by atoms with van der Waals surface area (Å²) >= 11 is 0. The SMILES string of the molecule is O=C(c1cn[nH]c1)N1CCCN(C(=O)c2ccoc2)CC1. The second-order valence-corrected chi connectivity index (χ2v) is 4.94. The van der Waals surface area contributed by atoms with Crippen molar-refractivity contribution < 1.29 is 14.0 Å². The number of rotatable bonds is 2. The highest BCUT2D eigenvalue weighted by Gasteiger charge is 2.24. The second kappa shape index (κ2) is 5.82. The molecule has 0 aliphatic carbocycles. The molecule has 7 nitrogen and oxygen atoms in total. The number of aromatic nitrogens is 2. The minimum absolute atomic E-state index is 0.0543. The minimum Gasteiger partial charge on any atom is -0.472 e. The predicted octanol–water partition coefficient (Wildman–Crippen LogP) is 0.991. The molecule has 0 spiro atoms. The zero-order chi connectivity index (χ0) is 14.7. The number of aromatic amines is 1. The summed E-state index contributed by atoms with van der Waals surface area (Å²) in [5.41, 5.74) is 1.09. The van der Waals surface area contributed by atoms with E-state index in [4.69, 9.17) is 4.42 Å². The van der Waals surface area contributed by atoms with Crippen molar-refractivity contribution >= 4 is 11.8 Å². The van der Waals surface area contributed by atoms with Gasteiger partial charge in [0.25, 0.3) is 11.8 Å². The molecule has 7 heteroatoms. The summed E-state index contributed by atoms with van der Waals surface area (Å²) in [6.45, 7) is 2.32. The summed E-state index contributed by atoms with van der Waals surface area (Å²) in [6, 6.07) is 1.65. The number of carbonyl (C=O) groups excluding carboxylic acids is 2.